The minimum Gasteiger partial charge on any atom is -0.359 e. The predicted molar refractivity (Wildman–Crippen MR) is 83.6 cm³/mol. The molecule has 1 aromatic carbocycles. The molecule has 116 valence electrons. The van der Waals surface area contributed by atoms with Gasteiger partial charge in [-0.2, -0.15) is 4.31 Å². The summed E-state index contributed by atoms with van der Waals surface area (Å²) in [5.41, 5.74) is 0.459. The van der Waals surface area contributed by atoms with E-state index in [1.165, 1.54) is 0 Å². The van der Waals surface area contributed by atoms with Crippen LogP contribution in [-0.4, -0.2) is 44.7 Å². The van der Waals surface area contributed by atoms with Crippen LogP contribution in [0.4, 0.5) is 0 Å². The van der Waals surface area contributed by atoms with E-state index in [0.717, 1.165) is 16.6 Å². The Labute approximate surface area is 133 Å². The van der Waals surface area contributed by atoms with Crippen molar-refractivity contribution in [3.63, 3.8) is 0 Å². The summed E-state index contributed by atoms with van der Waals surface area (Å²) in [6, 6.07) is 5.27. The average molecular weight is 375 g/mol. The maximum Gasteiger partial charge on any atom is 0.243 e. The quantitative estimate of drug-likeness (QED) is 0.858. The van der Waals surface area contributed by atoms with E-state index < -0.39 is 10.0 Å². The van der Waals surface area contributed by atoms with Gasteiger partial charge in [0.1, 0.15) is 5.72 Å². The number of rotatable bonds is 2. The number of hydrogen-bond acceptors (Lipinski definition) is 4. The van der Waals surface area contributed by atoms with Crippen LogP contribution in [0.15, 0.2) is 27.6 Å². The lowest BCUT2D eigenvalue weighted by Gasteiger charge is -2.38. The molecule has 2 fully saturated rings. The summed E-state index contributed by atoms with van der Waals surface area (Å²) in [6.45, 7) is 4.36. The van der Waals surface area contributed by atoms with Crippen LogP contribution >= 0.6 is 15.9 Å². The lowest BCUT2D eigenvalue weighted by molar-refractivity contribution is -0.0445. The molecule has 0 bridgehead atoms. The molecule has 2 heterocycles. The topological polar surface area (TPSA) is 58.6 Å². The van der Waals surface area contributed by atoms with Crippen LogP contribution in [-0.2, 0) is 14.8 Å². The number of piperidine rings is 1. The van der Waals surface area contributed by atoms with Gasteiger partial charge in [0.2, 0.25) is 10.0 Å². The first kappa shape index (κ1) is 15.4. The van der Waals surface area contributed by atoms with E-state index in [9.17, 15) is 8.42 Å². The summed E-state index contributed by atoms with van der Waals surface area (Å²) in [4.78, 5) is 0.391. The van der Waals surface area contributed by atoms with Gasteiger partial charge in [0.05, 0.1) is 11.5 Å². The van der Waals surface area contributed by atoms with Crippen molar-refractivity contribution in [2.45, 2.75) is 30.4 Å². The van der Waals surface area contributed by atoms with Gasteiger partial charge in [0, 0.05) is 36.9 Å². The molecule has 0 atom stereocenters. The summed E-state index contributed by atoms with van der Waals surface area (Å²) < 4.78 is 33.7. The normalized spacial score (nSPS) is 22.8. The van der Waals surface area contributed by atoms with Gasteiger partial charge in [0.15, 0.2) is 0 Å². The van der Waals surface area contributed by atoms with Crippen molar-refractivity contribution in [1.82, 2.24) is 9.62 Å². The molecule has 2 saturated heterocycles. The van der Waals surface area contributed by atoms with E-state index in [1.807, 2.05) is 13.0 Å². The van der Waals surface area contributed by atoms with E-state index >= 15 is 0 Å². The third-order valence-corrected chi connectivity index (χ3v) is 6.76. The van der Waals surface area contributed by atoms with Crippen molar-refractivity contribution in [3.8, 4) is 0 Å². The summed E-state index contributed by atoms with van der Waals surface area (Å²) in [5, 5.41) is 3.35. The van der Waals surface area contributed by atoms with Crippen molar-refractivity contribution in [2.75, 3.05) is 26.2 Å². The van der Waals surface area contributed by atoms with Gasteiger partial charge in [0.25, 0.3) is 0 Å². The molecule has 3 rings (SSSR count). The van der Waals surface area contributed by atoms with Crippen LogP contribution < -0.4 is 5.32 Å². The predicted octanol–water partition coefficient (Wildman–Crippen LogP) is 1.86. The van der Waals surface area contributed by atoms with E-state index in [4.69, 9.17) is 4.74 Å². The summed E-state index contributed by atoms with van der Waals surface area (Å²) in [7, 11) is -3.43. The number of hydrogen-bond donors (Lipinski definition) is 1. The van der Waals surface area contributed by atoms with Crippen molar-refractivity contribution < 1.29 is 13.2 Å². The van der Waals surface area contributed by atoms with Crippen LogP contribution in [0.25, 0.3) is 0 Å². The van der Waals surface area contributed by atoms with Gasteiger partial charge in [-0.15, -0.1) is 0 Å². The zero-order valence-electron chi connectivity index (χ0n) is 11.9. The summed E-state index contributed by atoms with van der Waals surface area (Å²) in [5.74, 6) is 0. The van der Waals surface area contributed by atoms with Crippen LogP contribution in [0.5, 0.6) is 0 Å². The fraction of sp³-hybridized carbons (Fsp3) is 0.571. The third kappa shape index (κ3) is 2.90. The molecule has 0 saturated carbocycles. The molecular weight excluding hydrogens is 356 g/mol. The standard InChI is InChI=1S/C14H19BrN2O3S/c1-11-10-12(15)2-3-13(11)21(18,19)17-7-4-14(5-8-17)16-6-9-20-14/h2-3,10,16H,4-9H2,1H3. The van der Waals surface area contributed by atoms with Crippen LogP contribution in [0.3, 0.4) is 0 Å². The molecule has 1 spiro atoms. The second-order valence-corrected chi connectivity index (χ2v) is 8.41. The zero-order chi connectivity index (χ0) is 15.1. The molecule has 2 aliphatic heterocycles. The van der Waals surface area contributed by atoms with Crippen molar-refractivity contribution >= 4 is 26.0 Å². The number of aryl methyl sites for hydroxylation is 1. The molecule has 2 aliphatic rings. The molecule has 5 nitrogen and oxygen atoms in total. The summed E-state index contributed by atoms with van der Waals surface area (Å²) >= 11 is 3.37. The molecule has 0 amide bonds. The largest absolute Gasteiger partial charge is 0.359 e. The molecule has 0 aromatic heterocycles. The Morgan fingerprint density at radius 1 is 1.33 bits per heavy atom. The highest BCUT2D eigenvalue weighted by molar-refractivity contribution is 9.10. The molecule has 0 radical (unpaired) electrons. The molecule has 7 heteroatoms. The monoisotopic (exact) mass is 374 g/mol. The molecule has 0 unspecified atom stereocenters. The molecule has 21 heavy (non-hydrogen) atoms. The Balaban J connectivity index is 1.80. The summed E-state index contributed by atoms with van der Waals surface area (Å²) in [6.07, 6.45) is 1.39. The van der Waals surface area contributed by atoms with Crippen LogP contribution in [0.1, 0.15) is 18.4 Å². The van der Waals surface area contributed by atoms with E-state index in [-0.39, 0.29) is 5.72 Å². The van der Waals surface area contributed by atoms with Gasteiger partial charge in [-0.05, 0) is 30.7 Å². The molecular formula is C14H19BrN2O3S. The molecule has 0 aliphatic carbocycles. The van der Waals surface area contributed by atoms with E-state index in [2.05, 4.69) is 21.2 Å². The SMILES string of the molecule is Cc1cc(Br)ccc1S(=O)(=O)N1CCC2(CC1)NCCO2. The first-order valence-electron chi connectivity index (χ1n) is 7.08. The Kier molecular flexibility index (Phi) is 4.13. The second-order valence-electron chi connectivity index (χ2n) is 5.58. The van der Waals surface area contributed by atoms with Crippen molar-refractivity contribution in [3.05, 3.63) is 28.2 Å². The smallest absolute Gasteiger partial charge is 0.243 e. The lowest BCUT2D eigenvalue weighted by Crippen LogP contribution is -2.52. The number of nitrogens with one attached hydrogen (secondary N) is 1. The third-order valence-electron chi connectivity index (χ3n) is 4.21. The van der Waals surface area contributed by atoms with Crippen LogP contribution in [0.2, 0.25) is 0 Å². The Bertz CT molecular complexity index is 632. The first-order valence-corrected chi connectivity index (χ1v) is 9.32. The lowest BCUT2D eigenvalue weighted by atomic mass is 10.0. The second kappa shape index (κ2) is 5.62. The van der Waals surface area contributed by atoms with Gasteiger partial charge in [-0.3, -0.25) is 5.32 Å². The fourth-order valence-corrected chi connectivity index (χ4v) is 5.15. The van der Waals surface area contributed by atoms with Crippen LogP contribution in [0, 0.1) is 6.92 Å². The number of halogens is 1. The number of benzene rings is 1. The fourth-order valence-electron chi connectivity index (χ4n) is 3.03. The van der Waals surface area contributed by atoms with Crippen molar-refractivity contribution in [1.29, 1.82) is 0 Å². The molecule has 1 aromatic rings. The highest BCUT2D eigenvalue weighted by Crippen LogP contribution is 2.31. The minimum atomic E-state index is -3.43. The number of ether oxygens (including phenoxy) is 1. The molecule has 1 N–H and O–H groups in total. The van der Waals surface area contributed by atoms with Gasteiger partial charge in [-0.25, -0.2) is 8.42 Å². The Morgan fingerprint density at radius 2 is 2.05 bits per heavy atom. The van der Waals surface area contributed by atoms with Gasteiger partial charge >= 0.3 is 0 Å². The maximum atomic E-state index is 12.8. The Morgan fingerprint density at radius 3 is 2.62 bits per heavy atom. The van der Waals surface area contributed by atoms with Gasteiger partial charge < -0.3 is 4.74 Å². The van der Waals surface area contributed by atoms with Gasteiger partial charge in [-0.1, -0.05) is 15.9 Å². The first-order chi connectivity index (χ1) is 9.93. The van der Waals surface area contributed by atoms with E-state index in [1.54, 1.807) is 16.4 Å². The maximum absolute atomic E-state index is 12.8. The Hall–Kier alpha value is -0.470. The minimum absolute atomic E-state index is 0.305. The van der Waals surface area contributed by atoms with Crippen molar-refractivity contribution in [2.24, 2.45) is 0 Å². The number of nitrogens with zero attached hydrogens (tertiary/aromatic N) is 1. The average Bonchev–Trinajstić information content (AvgIpc) is 2.87. The highest BCUT2D eigenvalue weighted by atomic mass is 79.9. The highest BCUT2D eigenvalue weighted by Gasteiger charge is 2.41. The van der Waals surface area contributed by atoms with E-state index in [0.29, 0.717) is 37.4 Å². The number of sulfonamides is 1. The zero-order valence-corrected chi connectivity index (χ0v) is 14.3.